The first-order valence-electron chi connectivity index (χ1n) is 9.13. The van der Waals surface area contributed by atoms with Gasteiger partial charge in [0.05, 0.1) is 7.11 Å². The van der Waals surface area contributed by atoms with Crippen molar-refractivity contribution >= 4 is 35.4 Å². The summed E-state index contributed by atoms with van der Waals surface area (Å²) in [5.74, 6) is -2.81. The van der Waals surface area contributed by atoms with Crippen LogP contribution < -0.4 is 10.1 Å². The Balaban J connectivity index is 2.13. The first kappa shape index (κ1) is 24.8. The van der Waals surface area contributed by atoms with Gasteiger partial charge in [0, 0.05) is 30.7 Å². The lowest BCUT2D eigenvalue weighted by Crippen LogP contribution is -2.35. The van der Waals surface area contributed by atoms with E-state index in [9.17, 15) is 28.0 Å². The second-order valence-corrected chi connectivity index (χ2v) is 7.27. The standard InChI is InChI=1S/C21H19F2NO7S/c1-12(26)24-19(30-11-25)7-8-32-21(28)31-18-6-3-13(9-16(18)20(27)29-2)15-5-4-14(22)10-17(15)23/h3-6,9-11,19H,7-8H2,1-2H3,(H,24,26)/t19-/m0/s1. The average molecular weight is 467 g/mol. The minimum atomic E-state index is -0.902. The van der Waals surface area contributed by atoms with Gasteiger partial charge < -0.3 is 19.5 Å². The number of rotatable bonds is 9. The molecule has 8 nitrogen and oxygen atoms in total. The summed E-state index contributed by atoms with van der Waals surface area (Å²) < 4.78 is 41.9. The summed E-state index contributed by atoms with van der Waals surface area (Å²) in [5.41, 5.74) is 0.158. The minimum Gasteiger partial charge on any atom is -0.465 e. The zero-order valence-electron chi connectivity index (χ0n) is 17.1. The van der Waals surface area contributed by atoms with Crippen LogP contribution in [0.2, 0.25) is 0 Å². The molecule has 0 unspecified atom stereocenters. The highest BCUT2D eigenvalue weighted by Crippen LogP contribution is 2.30. The molecule has 32 heavy (non-hydrogen) atoms. The summed E-state index contributed by atoms with van der Waals surface area (Å²) in [5, 5.41) is 1.62. The summed E-state index contributed by atoms with van der Waals surface area (Å²) in [6, 6.07) is 6.96. The van der Waals surface area contributed by atoms with Crippen molar-refractivity contribution in [2.24, 2.45) is 0 Å². The van der Waals surface area contributed by atoms with Crippen LogP contribution in [-0.2, 0) is 19.1 Å². The van der Waals surface area contributed by atoms with E-state index in [-0.39, 0.29) is 41.1 Å². The molecular formula is C21H19F2NO7S. The normalized spacial score (nSPS) is 11.2. The molecule has 0 radical (unpaired) electrons. The van der Waals surface area contributed by atoms with Gasteiger partial charge in [0.15, 0.2) is 6.23 Å². The summed E-state index contributed by atoms with van der Waals surface area (Å²) in [6.07, 6.45) is -0.772. The Morgan fingerprint density at radius 1 is 1.16 bits per heavy atom. The highest BCUT2D eigenvalue weighted by atomic mass is 32.2. The second kappa shape index (κ2) is 11.8. The third-order valence-corrected chi connectivity index (χ3v) is 4.76. The quantitative estimate of drug-likeness (QED) is 0.338. The van der Waals surface area contributed by atoms with Gasteiger partial charge in [0.1, 0.15) is 22.9 Å². The number of thioether (sulfide) groups is 1. The van der Waals surface area contributed by atoms with Crippen molar-refractivity contribution in [2.45, 2.75) is 19.6 Å². The maximum absolute atomic E-state index is 14.1. The molecule has 0 saturated carbocycles. The number of methoxy groups -OCH3 is 1. The Kier molecular flexibility index (Phi) is 9.14. The van der Waals surface area contributed by atoms with Crippen LogP contribution in [-0.4, -0.2) is 42.7 Å². The number of hydrogen-bond donors (Lipinski definition) is 1. The fourth-order valence-corrected chi connectivity index (χ4v) is 3.26. The molecule has 0 aromatic heterocycles. The van der Waals surface area contributed by atoms with Crippen molar-refractivity contribution in [1.29, 1.82) is 0 Å². The number of hydrogen-bond acceptors (Lipinski definition) is 8. The zero-order valence-corrected chi connectivity index (χ0v) is 17.9. The molecule has 2 aromatic rings. The number of amides is 1. The van der Waals surface area contributed by atoms with E-state index in [2.05, 4.69) is 5.32 Å². The van der Waals surface area contributed by atoms with Crippen molar-refractivity contribution in [2.75, 3.05) is 12.9 Å². The van der Waals surface area contributed by atoms with Crippen LogP contribution >= 0.6 is 11.8 Å². The van der Waals surface area contributed by atoms with Gasteiger partial charge >= 0.3 is 11.3 Å². The molecule has 0 aliphatic carbocycles. The van der Waals surface area contributed by atoms with E-state index in [1.807, 2.05) is 0 Å². The molecule has 1 atom stereocenters. The van der Waals surface area contributed by atoms with Crippen LogP contribution in [0.15, 0.2) is 36.4 Å². The van der Waals surface area contributed by atoms with Crippen LogP contribution in [0.1, 0.15) is 23.7 Å². The fraction of sp³-hybridized carbons (Fsp3) is 0.238. The van der Waals surface area contributed by atoms with Crippen LogP contribution in [0, 0.1) is 11.6 Å². The molecule has 0 fully saturated rings. The van der Waals surface area contributed by atoms with Crippen molar-refractivity contribution in [3.05, 3.63) is 53.6 Å². The lowest BCUT2D eigenvalue weighted by Gasteiger charge is -2.15. The number of carbonyl (C=O) groups excluding carboxylic acids is 4. The first-order valence-corrected chi connectivity index (χ1v) is 10.1. The lowest BCUT2D eigenvalue weighted by atomic mass is 10.0. The number of esters is 1. The Labute approximate surface area is 186 Å². The van der Waals surface area contributed by atoms with Gasteiger partial charge in [0.25, 0.3) is 6.47 Å². The van der Waals surface area contributed by atoms with Gasteiger partial charge in [-0.15, -0.1) is 0 Å². The van der Waals surface area contributed by atoms with E-state index >= 15 is 0 Å². The summed E-state index contributed by atoms with van der Waals surface area (Å²) in [4.78, 5) is 45.9. The number of nitrogens with one attached hydrogen (secondary N) is 1. The van der Waals surface area contributed by atoms with Crippen LogP contribution in [0.3, 0.4) is 0 Å². The Morgan fingerprint density at radius 2 is 1.91 bits per heavy atom. The monoisotopic (exact) mass is 467 g/mol. The van der Waals surface area contributed by atoms with E-state index in [0.29, 0.717) is 6.07 Å². The van der Waals surface area contributed by atoms with Gasteiger partial charge in [-0.3, -0.25) is 9.59 Å². The summed E-state index contributed by atoms with van der Waals surface area (Å²) in [6.45, 7) is 1.43. The van der Waals surface area contributed by atoms with E-state index in [4.69, 9.17) is 14.2 Å². The van der Waals surface area contributed by atoms with E-state index in [0.717, 1.165) is 24.9 Å². The van der Waals surface area contributed by atoms with Crippen LogP contribution in [0.5, 0.6) is 5.75 Å². The maximum atomic E-state index is 14.1. The Hall–Kier alpha value is -3.47. The topological polar surface area (TPSA) is 108 Å². The minimum absolute atomic E-state index is 0.0444. The molecule has 0 aliphatic heterocycles. The molecule has 2 rings (SSSR count). The summed E-state index contributed by atoms with van der Waals surface area (Å²) in [7, 11) is 1.13. The predicted octanol–water partition coefficient (Wildman–Crippen LogP) is 3.68. The highest BCUT2D eigenvalue weighted by Gasteiger charge is 2.19. The molecule has 0 aliphatic rings. The molecule has 1 N–H and O–H groups in total. The fourth-order valence-electron chi connectivity index (χ4n) is 2.62. The zero-order chi connectivity index (χ0) is 23.7. The van der Waals surface area contributed by atoms with Gasteiger partial charge in [-0.2, -0.15) is 0 Å². The molecule has 0 saturated heterocycles. The molecule has 0 spiro atoms. The molecule has 2 aromatic carbocycles. The largest absolute Gasteiger partial charge is 0.465 e. The number of ether oxygens (including phenoxy) is 3. The van der Waals surface area contributed by atoms with Gasteiger partial charge in [-0.1, -0.05) is 6.07 Å². The van der Waals surface area contributed by atoms with Gasteiger partial charge in [-0.25, -0.2) is 18.4 Å². The SMILES string of the molecule is COC(=O)c1cc(-c2ccc(F)cc2F)ccc1OC(=O)SCC[C@@H](NC(C)=O)OC=O. The van der Waals surface area contributed by atoms with Gasteiger partial charge in [-0.05, 0) is 41.6 Å². The van der Waals surface area contributed by atoms with E-state index in [1.54, 1.807) is 0 Å². The molecule has 1 amide bonds. The molecule has 170 valence electrons. The highest BCUT2D eigenvalue weighted by molar-refractivity contribution is 8.13. The van der Waals surface area contributed by atoms with Crippen molar-refractivity contribution < 1.29 is 42.2 Å². The number of carbonyl (C=O) groups is 4. The van der Waals surface area contributed by atoms with Gasteiger partial charge in [0.2, 0.25) is 5.91 Å². The Morgan fingerprint density at radius 3 is 2.53 bits per heavy atom. The van der Waals surface area contributed by atoms with E-state index in [1.165, 1.54) is 31.2 Å². The van der Waals surface area contributed by atoms with Crippen molar-refractivity contribution in [3.8, 4) is 16.9 Å². The average Bonchev–Trinajstić information content (AvgIpc) is 2.73. The third-order valence-electron chi connectivity index (χ3n) is 4.00. The molecule has 0 bridgehead atoms. The number of halogens is 2. The predicted molar refractivity (Wildman–Crippen MR) is 111 cm³/mol. The lowest BCUT2D eigenvalue weighted by molar-refractivity contribution is -0.137. The second-order valence-electron chi connectivity index (χ2n) is 6.24. The maximum Gasteiger partial charge on any atom is 0.372 e. The Bertz CT molecular complexity index is 1020. The molecule has 0 heterocycles. The molecule has 11 heteroatoms. The van der Waals surface area contributed by atoms with Crippen LogP contribution in [0.4, 0.5) is 13.6 Å². The van der Waals surface area contributed by atoms with Crippen LogP contribution in [0.25, 0.3) is 11.1 Å². The smallest absolute Gasteiger partial charge is 0.372 e. The first-order chi connectivity index (χ1) is 15.2. The van der Waals surface area contributed by atoms with Crippen molar-refractivity contribution in [1.82, 2.24) is 5.32 Å². The molecular weight excluding hydrogens is 448 g/mol. The number of benzene rings is 2. The summed E-state index contributed by atoms with van der Waals surface area (Å²) >= 11 is 0.723. The van der Waals surface area contributed by atoms with Crippen molar-refractivity contribution in [3.63, 3.8) is 0 Å². The van der Waals surface area contributed by atoms with E-state index < -0.39 is 35.0 Å². The third kappa shape index (κ3) is 7.05.